The van der Waals surface area contributed by atoms with Crippen LogP contribution in [0.1, 0.15) is 51.9 Å². The third-order valence-electron chi connectivity index (χ3n) is 7.85. The second kappa shape index (κ2) is 4.98. The molecule has 0 aromatic carbocycles. The Balaban J connectivity index is 1.66. The van der Waals surface area contributed by atoms with Gasteiger partial charge in [0.2, 0.25) is 0 Å². The monoisotopic (exact) mass is 312 g/mol. The molecule has 7 atom stereocenters. The standard InChI is InChI=1S/C21H28O2/c1-4-21(23)12-17-14(11-13(21)2)5-6-16-15(17)9-10-20(3)18(16)7-8-19(20)22/h1,11,15-19,22-23H,2,5-10,12H2,3H3/t15-,16+,17-,18-,19-,20-,21-/m0/s1. The van der Waals surface area contributed by atoms with Gasteiger partial charge < -0.3 is 10.2 Å². The van der Waals surface area contributed by atoms with E-state index in [1.54, 1.807) is 0 Å². The maximum Gasteiger partial charge on any atom is 0.150 e. The molecule has 0 radical (unpaired) electrons. The molecule has 2 heteroatoms. The van der Waals surface area contributed by atoms with Gasteiger partial charge in [-0.1, -0.05) is 31.1 Å². The molecule has 0 aliphatic heterocycles. The first kappa shape index (κ1) is 15.5. The van der Waals surface area contributed by atoms with Crippen LogP contribution >= 0.6 is 0 Å². The van der Waals surface area contributed by atoms with E-state index >= 15 is 0 Å². The molecule has 2 nitrogen and oxygen atoms in total. The molecule has 0 saturated heterocycles. The normalized spacial score (nSPS) is 52.0. The van der Waals surface area contributed by atoms with Crippen LogP contribution in [0.15, 0.2) is 23.8 Å². The summed E-state index contributed by atoms with van der Waals surface area (Å²) in [6.07, 6.45) is 14.9. The van der Waals surface area contributed by atoms with Gasteiger partial charge in [-0.25, -0.2) is 0 Å². The van der Waals surface area contributed by atoms with Crippen molar-refractivity contribution >= 4 is 0 Å². The Morgan fingerprint density at radius 3 is 2.78 bits per heavy atom. The smallest absolute Gasteiger partial charge is 0.150 e. The molecule has 4 aliphatic carbocycles. The van der Waals surface area contributed by atoms with Crippen LogP contribution in [0.25, 0.3) is 0 Å². The number of hydrogen-bond acceptors (Lipinski definition) is 2. The average molecular weight is 312 g/mol. The van der Waals surface area contributed by atoms with Crippen molar-refractivity contribution in [3.8, 4) is 12.3 Å². The molecular weight excluding hydrogens is 284 g/mol. The third kappa shape index (κ3) is 2.03. The fourth-order valence-electron chi connectivity index (χ4n) is 6.40. The maximum atomic E-state index is 10.7. The van der Waals surface area contributed by atoms with E-state index in [-0.39, 0.29) is 11.5 Å². The Bertz CT molecular complexity index is 612. The summed E-state index contributed by atoms with van der Waals surface area (Å²) < 4.78 is 0. The molecule has 0 amide bonds. The molecule has 124 valence electrons. The first-order valence-electron chi connectivity index (χ1n) is 9.17. The highest BCUT2D eigenvalue weighted by molar-refractivity contribution is 5.42. The first-order valence-corrected chi connectivity index (χ1v) is 9.17. The van der Waals surface area contributed by atoms with Crippen LogP contribution in [-0.4, -0.2) is 21.9 Å². The van der Waals surface area contributed by atoms with Crippen LogP contribution in [0.5, 0.6) is 0 Å². The lowest BCUT2D eigenvalue weighted by molar-refractivity contribution is -0.0593. The topological polar surface area (TPSA) is 40.5 Å². The van der Waals surface area contributed by atoms with Gasteiger partial charge in [0, 0.05) is 0 Å². The fraction of sp³-hybridized carbons (Fsp3) is 0.714. The summed E-state index contributed by atoms with van der Waals surface area (Å²) in [7, 11) is 0. The van der Waals surface area contributed by atoms with E-state index in [1.165, 1.54) is 12.0 Å². The highest BCUT2D eigenvalue weighted by Gasteiger charge is 2.56. The fourth-order valence-corrected chi connectivity index (χ4v) is 6.40. The molecule has 23 heavy (non-hydrogen) atoms. The van der Waals surface area contributed by atoms with Crippen molar-refractivity contribution in [3.05, 3.63) is 23.8 Å². The SMILES string of the molecule is C#C[C@]1(O)C[C@H]2C(=CC1=C)CC[C@@H]1[C@@H]2CC[C@]2(C)[C@@H](O)CC[C@@H]12. The van der Waals surface area contributed by atoms with Gasteiger partial charge >= 0.3 is 0 Å². The molecule has 0 heterocycles. The molecule has 3 saturated carbocycles. The van der Waals surface area contributed by atoms with Gasteiger partial charge in [0.05, 0.1) is 6.10 Å². The number of rotatable bonds is 0. The number of fused-ring (bicyclic) bond motifs is 5. The van der Waals surface area contributed by atoms with Crippen molar-refractivity contribution in [1.82, 2.24) is 0 Å². The van der Waals surface area contributed by atoms with Crippen molar-refractivity contribution in [1.29, 1.82) is 0 Å². The second-order valence-corrected chi connectivity index (χ2v) is 8.67. The molecule has 4 rings (SSSR count). The van der Waals surface area contributed by atoms with Crippen LogP contribution in [0.4, 0.5) is 0 Å². The number of hydrogen-bond donors (Lipinski definition) is 2. The lowest BCUT2D eigenvalue weighted by Crippen LogP contribution is -2.49. The molecule has 0 unspecified atom stereocenters. The Morgan fingerprint density at radius 1 is 1.26 bits per heavy atom. The Labute approximate surface area is 139 Å². The zero-order valence-electron chi connectivity index (χ0n) is 14.1. The van der Waals surface area contributed by atoms with Crippen LogP contribution in [-0.2, 0) is 0 Å². The summed E-state index contributed by atoms with van der Waals surface area (Å²) in [6, 6.07) is 0. The molecule has 0 spiro atoms. The van der Waals surface area contributed by atoms with E-state index in [0.717, 1.165) is 32.1 Å². The van der Waals surface area contributed by atoms with Gasteiger partial charge in [0.25, 0.3) is 0 Å². The van der Waals surface area contributed by atoms with Gasteiger partial charge in [0.1, 0.15) is 0 Å². The van der Waals surface area contributed by atoms with E-state index in [4.69, 9.17) is 6.42 Å². The quantitative estimate of drug-likeness (QED) is 0.673. The van der Waals surface area contributed by atoms with E-state index in [0.29, 0.717) is 35.7 Å². The Hall–Kier alpha value is -1.04. The second-order valence-electron chi connectivity index (χ2n) is 8.67. The summed E-state index contributed by atoms with van der Waals surface area (Å²) in [5, 5.41) is 21.2. The summed E-state index contributed by atoms with van der Waals surface area (Å²) in [4.78, 5) is 0. The van der Waals surface area contributed by atoms with E-state index in [1.807, 2.05) is 0 Å². The van der Waals surface area contributed by atoms with E-state index in [2.05, 4.69) is 25.5 Å². The lowest BCUT2D eigenvalue weighted by atomic mass is 9.51. The summed E-state index contributed by atoms with van der Waals surface area (Å²) >= 11 is 0. The minimum atomic E-state index is -1.16. The highest BCUT2D eigenvalue weighted by atomic mass is 16.3. The molecule has 2 N–H and O–H groups in total. The summed E-state index contributed by atoms with van der Waals surface area (Å²) in [5.41, 5.74) is 1.11. The predicted molar refractivity (Wildman–Crippen MR) is 91.4 cm³/mol. The first-order chi connectivity index (χ1) is 10.9. The van der Waals surface area contributed by atoms with Crippen LogP contribution < -0.4 is 0 Å². The van der Waals surface area contributed by atoms with Gasteiger partial charge in [-0.2, -0.15) is 0 Å². The summed E-state index contributed by atoms with van der Waals surface area (Å²) in [6.45, 7) is 6.31. The van der Waals surface area contributed by atoms with Crippen molar-refractivity contribution in [2.75, 3.05) is 0 Å². The Morgan fingerprint density at radius 2 is 2.04 bits per heavy atom. The molecule has 4 aliphatic rings. The highest BCUT2D eigenvalue weighted by Crippen LogP contribution is 2.62. The largest absolute Gasteiger partial charge is 0.393 e. The van der Waals surface area contributed by atoms with E-state index in [9.17, 15) is 10.2 Å². The van der Waals surface area contributed by atoms with Gasteiger partial charge in [-0.3, -0.25) is 0 Å². The van der Waals surface area contributed by atoms with Crippen LogP contribution in [0.2, 0.25) is 0 Å². The third-order valence-corrected chi connectivity index (χ3v) is 7.85. The number of terminal acetylenes is 1. The minimum absolute atomic E-state index is 0.114. The lowest BCUT2D eigenvalue weighted by Gasteiger charge is -2.54. The summed E-state index contributed by atoms with van der Waals surface area (Å²) in [5.74, 6) is 4.94. The molecular formula is C21H28O2. The maximum absolute atomic E-state index is 10.7. The zero-order chi connectivity index (χ0) is 16.4. The Kier molecular flexibility index (Phi) is 3.35. The number of aliphatic hydroxyl groups is 2. The molecule has 3 fully saturated rings. The minimum Gasteiger partial charge on any atom is -0.393 e. The van der Waals surface area contributed by atoms with Crippen molar-refractivity contribution in [2.45, 2.75) is 63.6 Å². The molecule has 0 aromatic heterocycles. The van der Waals surface area contributed by atoms with Crippen LogP contribution in [0.3, 0.4) is 0 Å². The van der Waals surface area contributed by atoms with Crippen LogP contribution in [0, 0.1) is 41.4 Å². The molecule has 0 aromatic rings. The van der Waals surface area contributed by atoms with Gasteiger partial charge in [-0.15, -0.1) is 6.42 Å². The van der Waals surface area contributed by atoms with Gasteiger partial charge in [-0.05, 0) is 79.6 Å². The number of allylic oxidation sites excluding steroid dienone is 1. The molecule has 0 bridgehead atoms. The van der Waals surface area contributed by atoms with Gasteiger partial charge in [0.15, 0.2) is 5.60 Å². The van der Waals surface area contributed by atoms with Crippen molar-refractivity contribution in [2.24, 2.45) is 29.1 Å². The number of aliphatic hydroxyl groups excluding tert-OH is 1. The predicted octanol–water partition coefficient (Wildman–Crippen LogP) is 3.45. The average Bonchev–Trinajstić information content (AvgIpc) is 2.84. The van der Waals surface area contributed by atoms with E-state index < -0.39 is 5.60 Å². The zero-order valence-corrected chi connectivity index (χ0v) is 14.1. The van der Waals surface area contributed by atoms with Crippen molar-refractivity contribution < 1.29 is 10.2 Å². The van der Waals surface area contributed by atoms with Crippen molar-refractivity contribution in [3.63, 3.8) is 0 Å².